The summed E-state index contributed by atoms with van der Waals surface area (Å²) in [6.07, 6.45) is 5.70. The Morgan fingerprint density at radius 1 is 1.30 bits per heavy atom. The predicted molar refractivity (Wildman–Crippen MR) is 110 cm³/mol. The Kier molecular flexibility index (Phi) is 4.55. The van der Waals surface area contributed by atoms with Crippen LogP contribution in [0.3, 0.4) is 0 Å². The maximum Gasteiger partial charge on any atom is 0.325 e. The van der Waals surface area contributed by atoms with Gasteiger partial charge in [0, 0.05) is 35.2 Å². The average molecular weight is 422 g/mol. The molecule has 30 heavy (non-hydrogen) atoms. The number of carboxylic acids is 1. The van der Waals surface area contributed by atoms with Crippen molar-refractivity contribution in [2.45, 2.75) is 26.4 Å². The van der Waals surface area contributed by atoms with Gasteiger partial charge in [0.1, 0.15) is 18.6 Å². The summed E-state index contributed by atoms with van der Waals surface area (Å²) < 4.78 is 9.25. The second-order valence-electron chi connectivity index (χ2n) is 6.82. The van der Waals surface area contributed by atoms with E-state index in [9.17, 15) is 4.79 Å². The van der Waals surface area contributed by atoms with Crippen LogP contribution in [0.2, 0.25) is 0 Å². The first-order valence-electron chi connectivity index (χ1n) is 9.52. The van der Waals surface area contributed by atoms with Crippen molar-refractivity contribution in [3.63, 3.8) is 0 Å². The molecule has 9 nitrogen and oxygen atoms in total. The summed E-state index contributed by atoms with van der Waals surface area (Å²) in [5.41, 5.74) is 3.60. The molecule has 1 N–H and O–H groups in total. The highest BCUT2D eigenvalue weighted by atomic mass is 32.1. The van der Waals surface area contributed by atoms with E-state index < -0.39 is 5.97 Å². The number of fused-ring (bicyclic) bond motifs is 3. The third kappa shape index (κ3) is 3.24. The molecule has 4 heterocycles. The molecule has 152 valence electrons. The maximum atomic E-state index is 10.9. The highest BCUT2D eigenvalue weighted by molar-refractivity contribution is 7.15. The first kappa shape index (κ1) is 18.5. The van der Waals surface area contributed by atoms with E-state index >= 15 is 0 Å². The fourth-order valence-electron chi connectivity index (χ4n) is 3.50. The number of nitrogens with zero attached hydrogens (tertiary/aromatic N) is 6. The molecule has 5 rings (SSSR count). The third-order valence-electron chi connectivity index (χ3n) is 4.89. The molecule has 10 heteroatoms. The Balaban J connectivity index is 1.52. The Labute approximate surface area is 175 Å². The van der Waals surface area contributed by atoms with Gasteiger partial charge in [-0.05, 0) is 24.6 Å². The van der Waals surface area contributed by atoms with Crippen LogP contribution in [0.25, 0.3) is 33.2 Å². The summed E-state index contributed by atoms with van der Waals surface area (Å²) in [6.45, 7) is 3.15. The van der Waals surface area contributed by atoms with Crippen LogP contribution in [0.4, 0.5) is 0 Å². The highest BCUT2D eigenvalue weighted by Crippen LogP contribution is 2.41. The molecule has 0 atom stereocenters. The number of hydrogen-bond acceptors (Lipinski definition) is 7. The number of aliphatic carboxylic acids is 1. The molecule has 0 radical (unpaired) electrons. The van der Waals surface area contributed by atoms with Crippen molar-refractivity contribution < 1.29 is 14.6 Å². The molecule has 0 aliphatic carbocycles. The first-order chi connectivity index (χ1) is 14.6. The van der Waals surface area contributed by atoms with Crippen LogP contribution in [-0.4, -0.2) is 47.2 Å². The summed E-state index contributed by atoms with van der Waals surface area (Å²) in [5, 5.41) is 18.2. The van der Waals surface area contributed by atoms with Crippen LogP contribution in [0.15, 0.2) is 36.9 Å². The molecular formula is C20H18N6O3S. The normalized spacial score (nSPS) is 12.7. The summed E-state index contributed by atoms with van der Waals surface area (Å²) in [5.74, 6) is 0.604. The molecule has 1 aliphatic heterocycles. The third-order valence-corrected chi connectivity index (χ3v) is 6.00. The second kappa shape index (κ2) is 7.38. The van der Waals surface area contributed by atoms with E-state index in [1.807, 2.05) is 29.8 Å². The minimum absolute atomic E-state index is 0.172. The van der Waals surface area contributed by atoms with E-state index in [1.165, 1.54) is 4.68 Å². The Hall–Kier alpha value is -3.53. The van der Waals surface area contributed by atoms with Crippen LogP contribution >= 0.6 is 11.3 Å². The van der Waals surface area contributed by atoms with Crippen molar-refractivity contribution in [3.05, 3.63) is 41.8 Å². The van der Waals surface area contributed by atoms with Gasteiger partial charge in [-0.3, -0.25) is 9.48 Å². The lowest BCUT2D eigenvalue weighted by atomic mass is 10.0. The number of carboxylic acid groups (broad SMARTS) is 1. The van der Waals surface area contributed by atoms with Crippen LogP contribution in [-0.2, 0) is 24.3 Å². The van der Waals surface area contributed by atoms with Gasteiger partial charge < -0.3 is 9.84 Å². The zero-order valence-corrected chi connectivity index (χ0v) is 17.0. The molecule has 0 amide bonds. The van der Waals surface area contributed by atoms with E-state index in [4.69, 9.17) is 14.8 Å². The summed E-state index contributed by atoms with van der Waals surface area (Å²) >= 11 is 1.63. The lowest BCUT2D eigenvalue weighted by molar-refractivity contribution is -0.137. The number of hydrogen-bond donors (Lipinski definition) is 1. The predicted octanol–water partition coefficient (Wildman–Crippen LogP) is 2.97. The van der Waals surface area contributed by atoms with Gasteiger partial charge in [0.05, 0.1) is 18.5 Å². The van der Waals surface area contributed by atoms with Gasteiger partial charge in [0.15, 0.2) is 10.8 Å². The van der Waals surface area contributed by atoms with E-state index in [-0.39, 0.29) is 6.54 Å². The fraction of sp³-hybridized carbons (Fsp3) is 0.250. The Morgan fingerprint density at radius 3 is 3.03 bits per heavy atom. The quantitative estimate of drug-likeness (QED) is 0.527. The minimum Gasteiger partial charge on any atom is -0.492 e. The first-order valence-corrected chi connectivity index (χ1v) is 10.3. The van der Waals surface area contributed by atoms with Crippen molar-refractivity contribution >= 4 is 17.3 Å². The number of thiazole rings is 1. The lowest BCUT2D eigenvalue weighted by Crippen LogP contribution is -2.08. The molecular weight excluding hydrogens is 404 g/mol. The van der Waals surface area contributed by atoms with Crippen LogP contribution in [0.1, 0.15) is 11.8 Å². The number of ether oxygens (including phenoxy) is 1. The molecule has 0 bridgehead atoms. The van der Waals surface area contributed by atoms with Crippen molar-refractivity contribution in [1.82, 2.24) is 29.5 Å². The Bertz CT molecular complexity index is 1240. The van der Waals surface area contributed by atoms with Gasteiger partial charge in [-0.2, -0.15) is 10.2 Å². The summed E-state index contributed by atoms with van der Waals surface area (Å²) in [6, 6.07) is 5.94. The highest BCUT2D eigenvalue weighted by Gasteiger charge is 2.23. The number of benzene rings is 1. The zero-order chi connectivity index (χ0) is 20.7. The molecule has 1 aliphatic rings. The summed E-state index contributed by atoms with van der Waals surface area (Å²) in [7, 11) is 0. The molecule has 0 spiro atoms. The fourth-order valence-corrected chi connectivity index (χ4v) is 4.55. The maximum absolute atomic E-state index is 10.9. The smallest absolute Gasteiger partial charge is 0.325 e. The minimum atomic E-state index is -0.930. The number of aromatic nitrogens is 6. The van der Waals surface area contributed by atoms with Gasteiger partial charge in [-0.15, -0.1) is 11.3 Å². The lowest BCUT2D eigenvalue weighted by Gasteiger charge is -2.09. The van der Waals surface area contributed by atoms with E-state index in [0.717, 1.165) is 56.8 Å². The Morgan fingerprint density at radius 2 is 2.20 bits per heavy atom. The molecule has 0 unspecified atom stereocenters. The van der Waals surface area contributed by atoms with Crippen molar-refractivity contribution in [1.29, 1.82) is 0 Å². The van der Waals surface area contributed by atoms with Crippen molar-refractivity contribution in [2.75, 3.05) is 6.61 Å². The van der Waals surface area contributed by atoms with E-state index in [0.29, 0.717) is 6.61 Å². The van der Waals surface area contributed by atoms with Crippen LogP contribution in [0.5, 0.6) is 5.75 Å². The monoisotopic (exact) mass is 422 g/mol. The van der Waals surface area contributed by atoms with Crippen LogP contribution < -0.4 is 4.74 Å². The van der Waals surface area contributed by atoms with E-state index in [1.54, 1.807) is 30.1 Å². The van der Waals surface area contributed by atoms with E-state index in [2.05, 4.69) is 15.2 Å². The largest absolute Gasteiger partial charge is 0.492 e. The van der Waals surface area contributed by atoms with Crippen LogP contribution in [0, 0.1) is 0 Å². The average Bonchev–Trinajstić information content (AvgIpc) is 3.45. The topological polar surface area (TPSA) is 108 Å². The number of rotatable bonds is 5. The molecule has 4 aromatic rings. The molecule has 0 saturated heterocycles. The molecule has 1 aromatic carbocycles. The molecule has 3 aromatic heterocycles. The van der Waals surface area contributed by atoms with Gasteiger partial charge in [-0.1, -0.05) is 6.07 Å². The van der Waals surface area contributed by atoms with Gasteiger partial charge in [-0.25, -0.2) is 14.6 Å². The number of aryl methyl sites for hydroxylation is 1. The van der Waals surface area contributed by atoms with Gasteiger partial charge in [0.2, 0.25) is 0 Å². The zero-order valence-electron chi connectivity index (χ0n) is 16.1. The van der Waals surface area contributed by atoms with Crippen molar-refractivity contribution in [2.24, 2.45) is 0 Å². The standard InChI is InChI=1S/C20H18N6O3S/c1-2-26-19(21-11-23-26)20-24-18-14-4-3-12(7-15(14)29-6-5-16(18)30-20)13-8-22-25(9-13)10-17(27)28/h3-4,7-9,11H,2,5-6,10H2,1H3,(H,27,28). The van der Waals surface area contributed by atoms with Crippen molar-refractivity contribution in [3.8, 4) is 39.0 Å². The summed E-state index contributed by atoms with van der Waals surface area (Å²) in [4.78, 5) is 21.3. The second-order valence-corrected chi connectivity index (χ2v) is 7.90. The van der Waals surface area contributed by atoms with Gasteiger partial charge >= 0.3 is 5.97 Å². The molecule has 0 fully saturated rings. The SMILES string of the molecule is CCn1ncnc1-c1nc2c(s1)CCOc1cc(-c3cnn(CC(=O)O)c3)ccc1-2. The number of carbonyl (C=O) groups is 1. The van der Waals surface area contributed by atoms with Gasteiger partial charge in [0.25, 0.3) is 0 Å². The molecule has 0 saturated carbocycles.